The fourth-order valence-electron chi connectivity index (χ4n) is 4.02. The Hall–Kier alpha value is -1.38. The molecule has 0 N–H and O–H groups in total. The third-order valence-corrected chi connectivity index (χ3v) is 6.77. The first-order valence-electron chi connectivity index (χ1n) is 11.2. The van der Waals surface area contributed by atoms with Gasteiger partial charge in [-0.25, -0.2) is 0 Å². The van der Waals surface area contributed by atoms with Crippen molar-refractivity contribution < 1.29 is 0 Å². The van der Waals surface area contributed by atoms with E-state index < -0.39 is 0 Å². The molecular weight excluding hydrogens is 399 g/mol. The fraction of sp³-hybridized carbons (Fsp3) is 0.520. The number of unbranched alkanes of at least 4 members (excludes halogenated alkanes) is 7. The van der Waals surface area contributed by atoms with Gasteiger partial charge in [-0.15, -0.1) is 0 Å². The average Bonchev–Trinajstić information content (AvgIpc) is 3.02. The molecule has 0 saturated heterocycles. The summed E-state index contributed by atoms with van der Waals surface area (Å²) in [6, 6.07) is 15.2. The van der Waals surface area contributed by atoms with Crippen LogP contribution >= 0.6 is 23.2 Å². The van der Waals surface area contributed by atoms with E-state index in [1.807, 2.05) is 0 Å². The Morgan fingerprint density at radius 2 is 1.34 bits per heavy atom. The Morgan fingerprint density at radius 1 is 0.724 bits per heavy atom. The smallest absolute Gasteiger partial charge is 0.141 e. The van der Waals surface area contributed by atoms with Gasteiger partial charge in [0, 0.05) is 13.1 Å². The summed E-state index contributed by atoms with van der Waals surface area (Å²) in [6.07, 6.45) is 11.6. The highest BCUT2D eigenvalue weighted by Gasteiger charge is 2.25. The summed E-state index contributed by atoms with van der Waals surface area (Å²) in [5.74, 6) is 0. The Morgan fingerprint density at radius 3 is 2.07 bits per heavy atom. The molecule has 3 rings (SSSR count). The molecule has 0 unspecified atom stereocenters. The first-order chi connectivity index (χ1) is 14.2. The van der Waals surface area contributed by atoms with Gasteiger partial charge in [-0.3, -0.25) is 0 Å². The molecular formula is C25H34Cl2N2. The van der Waals surface area contributed by atoms with Crippen LogP contribution in [0.25, 0.3) is 10.8 Å². The molecule has 1 heterocycles. The van der Waals surface area contributed by atoms with E-state index in [1.165, 1.54) is 67.7 Å². The lowest BCUT2D eigenvalue weighted by Gasteiger charge is -2.22. The summed E-state index contributed by atoms with van der Waals surface area (Å²) >= 11 is 13.0. The molecule has 0 saturated carbocycles. The summed E-state index contributed by atoms with van der Waals surface area (Å²) < 4.78 is 0. The summed E-state index contributed by atoms with van der Waals surface area (Å²) in [5.41, 5.74) is 1.34. The van der Waals surface area contributed by atoms with Crippen LogP contribution in [0, 0.1) is 0 Å². The second-order valence-corrected chi connectivity index (χ2v) is 8.87. The molecule has 0 aromatic heterocycles. The van der Waals surface area contributed by atoms with Gasteiger partial charge in [0.2, 0.25) is 0 Å². The zero-order chi connectivity index (χ0) is 20.5. The molecule has 2 aromatic rings. The summed E-state index contributed by atoms with van der Waals surface area (Å²) in [6.45, 7) is 4.96. The molecule has 1 aliphatic heterocycles. The van der Waals surface area contributed by atoms with Crippen LogP contribution in [0.1, 0.15) is 63.9 Å². The monoisotopic (exact) mass is 432 g/mol. The molecule has 29 heavy (non-hydrogen) atoms. The largest absolute Gasteiger partial charge is 0.342 e. The summed E-state index contributed by atoms with van der Waals surface area (Å²) in [4.78, 5) is 4.42. The van der Waals surface area contributed by atoms with Crippen molar-refractivity contribution in [3.63, 3.8) is 0 Å². The van der Waals surface area contributed by atoms with Crippen LogP contribution in [0.5, 0.6) is 0 Å². The number of hydrogen-bond acceptors (Lipinski definition) is 2. The lowest BCUT2D eigenvalue weighted by atomic mass is 10.1. The maximum atomic E-state index is 6.53. The van der Waals surface area contributed by atoms with Crippen molar-refractivity contribution in [3.8, 4) is 0 Å². The van der Waals surface area contributed by atoms with E-state index in [1.54, 1.807) is 0 Å². The van der Waals surface area contributed by atoms with Crippen molar-refractivity contribution in [2.24, 2.45) is 0 Å². The molecule has 2 nitrogen and oxygen atoms in total. The molecule has 0 spiro atoms. The lowest BCUT2D eigenvalue weighted by molar-refractivity contribution is 0.256. The van der Waals surface area contributed by atoms with E-state index in [0.29, 0.717) is 10.3 Å². The number of rotatable bonds is 12. The van der Waals surface area contributed by atoms with E-state index in [-0.39, 0.29) is 0 Å². The van der Waals surface area contributed by atoms with Crippen molar-refractivity contribution in [2.45, 2.75) is 64.7 Å². The van der Waals surface area contributed by atoms with Gasteiger partial charge >= 0.3 is 0 Å². The van der Waals surface area contributed by atoms with E-state index in [4.69, 9.17) is 23.2 Å². The maximum Gasteiger partial charge on any atom is 0.141 e. The van der Waals surface area contributed by atoms with Gasteiger partial charge in [0.05, 0.1) is 6.67 Å². The average molecular weight is 433 g/mol. The third kappa shape index (κ3) is 6.55. The van der Waals surface area contributed by atoms with E-state index in [0.717, 1.165) is 26.2 Å². The van der Waals surface area contributed by atoms with Gasteiger partial charge in [-0.1, -0.05) is 118 Å². The van der Waals surface area contributed by atoms with Gasteiger partial charge < -0.3 is 9.80 Å². The van der Waals surface area contributed by atoms with Crippen molar-refractivity contribution >= 4 is 34.0 Å². The van der Waals surface area contributed by atoms with Gasteiger partial charge in [0.25, 0.3) is 0 Å². The van der Waals surface area contributed by atoms with Crippen LogP contribution < -0.4 is 0 Å². The number of nitrogens with zero attached hydrogens (tertiary/aromatic N) is 2. The predicted octanol–water partition coefficient (Wildman–Crippen LogP) is 7.70. The highest BCUT2D eigenvalue weighted by molar-refractivity contribution is 6.38. The Bertz CT molecular complexity index is 802. The van der Waals surface area contributed by atoms with Crippen LogP contribution in [-0.2, 0) is 6.42 Å². The molecule has 0 bridgehead atoms. The topological polar surface area (TPSA) is 6.48 Å². The van der Waals surface area contributed by atoms with Crippen LogP contribution in [-0.4, -0.2) is 29.6 Å². The van der Waals surface area contributed by atoms with Gasteiger partial charge in [0.15, 0.2) is 0 Å². The predicted molar refractivity (Wildman–Crippen MR) is 127 cm³/mol. The highest BCUT2D eigenvalue weighted by Crippen LogP contribution is 2.30. The first-order valence-corrected chi connectivity index (χ1v) is 12.0. The van der Waals surface area contributed by atoms with Crippen LogP contribution in [0.4, 0.5) is 0 Å². The Balaban J connectivity index is 1.40. The Labute approximate surface area is 186 Å². The van der Waals surface area contributed by atoms with Gasteiger partial charge in [-0.2, -0.15) is 0 Å². The van der Waals surface area contributed by atoms with Crippen molar-refractivity contribution in [1.29, 1.82) is 0 Å². The quantitative estimate of drug-likeness (QED) is 0.250. The molecule has 158 valence electrons. The van der Waals surface area contributed by atoms with E-state index in [9.17, 15) is 0 Å². The second-order valence-electron chi connectivity index (χ2n) is 8.16. The molecule has 0 amide bonds. The minimum absolute atomic E-state index is 0.701. The standard InChI is InChI=1S/C25H34Cl2N2/c1-2-3-4-5-6-7-8-11-17-28-20-29(25(27)24(28)26)18-16-21-14-15-22-12-9-10-13-23(22)19-21/h9-10,12-15,19H,2-8,11,16-18,20H2,1H3. The number of fused-ring (bicyclic) bond motifs is 1. The molecule has 0 atom stereocenters. The van der Waals surface area contributed by atoms with Crippen molar-refractivity contribution in [2.75, 3.05) is 19.8 Å². The number of halogens is 2. The molecule has 2 aromatic carbocycles. The van der Waals surface area contributed by atoms with Crippen LogP contribution in [0.3, 0.4) is 0 Å². The van der Waals surface area contributed by atoms with Gasteiger partial charge in [0.1, 0.15) is 10.3 Å². The molecule has 0 radical (unpaired) electrons. The zero-order valence-corrected chi connectivity index (χ0v) is 19.2. The summed E-state index contributed by atoms with van der Waals surface area (Å²) in [5, 5.41) is 4.00. The number of benzene rings is 2. The lowest BCUT2D eigenvalue weighted by Crippen LogP contribution is -2.29. The molecule has 0 aliphatic carbocycles. The third-order valence-electron chi connectivity index (χ3n) is 5.83. The SMILES string of the molecule is CCCCCCCCCCN1CN(CCc2ccc3ccccc3c2)C(Cl)=C1Cl. The zero-order valence-electron chi connectivity index (χ0n) is 17.7. The minimum Gasteiger partial charge on any atom is -0.342 e. The summed E-state index contributed by atoms with van der Waals surface area (Å²) in [7, 11) is 0. The first kappa shape index (κ1) is 22.3. The normalized spacial score (nSPS) is 14.4. The number of hydrogen-bond donors (Lipinski definition) is 0. The fourth-order valence-corrected chi connectivity index (χ4v) is 4.54. The second kappa shape index (κ2) is 11.7. The van der Waals surface area contributed by atoms with Crippen molar-refractivity contribution in [1.82, 2.24) is 9.80 Å². The van der Waals surface area contributed by atoms with Crippen LogP contribution in [0.15, 0.2) is 52.8 Å². The van der Waals surface area contributed by atoms with E-state index in [2.05, 4.69) is 59.2 Å². The molecule has 0 fully saturated rings. The molecule has 4 heteroatoms. The van der Waals surface area contributed by atoms with Crippen molar-refractivity contribution in [3.05, 3.63) is 58.3 Å². The van der Waals surface area contributed by atoms with Crippen LogP contribution in [0.2, 0.25) is 0 Å². The van der Waals surface area contributed by atoms with E-state index >= 15 is 0 Å². The Kier molecular flexibility index (Phi) is 9.01. The minimum atomic E-state index is 0.701. The molecule has 1 aliphatic rings. The maximum absolute atomic E-state index is 6.53. The van der Waals surface area contributed by atoms with Gasteiger partial charge in [-0.05, 0) is 29.2 Å². The highest BCUT2D eigenvalue weighted by atomic mass is 35.5.